The summed E-state index contributed by atoms with van der Waals surface area (Å²) in [6.07, 6.45) is 2.82. The van der Waals surface area contributed by atoms with Crippen LogP contribution in [0.25, 0.3) is 10.2 Å². The number of allylic oxidation sites excluding steroid dienone is 1. The van der Waals surface area contributed by atoms with Crippen LogP contribution in [0.5, 0.6) is 0 Å². The van der Waals surface area contributed by atoms with E-state index in [2.05, 4.69) is 11.6 Å². The summed E-state index contributed by atoms with van der Waals surface area (Å²) in [6.45, 7) is 4.14. The maximum Gasteiger partial charge on any atom is 0.282 e. The van der Waals surface area contributed by atoms with E-state index in [0.29, 0.717) is 20.4 Å². The number of sulfone groups is 1. The van der Waals surface area contributed by atoms with Gasteiger partial charge in [0.25, 0.3) is 5.91 Å². The number of nitrogens with zero attached hydrogens (tertiary/aromatic N) is 2. The molecule has 3 aromatic rings. The van der Waals surface area contributed by atoms with Crippen molar-refractivity contribution in [1.29, 1.82) is 0 Å². The molecule has 0 N–H and O–H groups in total. The maximum absolute atomic E-state index is 12.5. The van der Waals surface area contributed by atoms with Gasteiger partial charge in [-0.3, -0.25) is 4.79 Å². The Bertz CT molecular complexity index is 1200. The van der Waals surface area contributed by atoms with Gasteiger partial charge in [0.1, 0.15) is 4.34 Å². The van der Waals surface area contributed by atoms with Crippen LogP contribution in [-0.2, 0) is 16.4 Å². The molecular weight excluding hydrogens is 435 g/mol. The molecule has 1 aromatic carbocycles. The molecule has 0 saturated heterocycles. The first-order chi connectivity index (χ1) is 12.2. The van der Waals surface area contributed by atoms with Gasteiger partial charge in [-0.25, -0.2) is 8.42 Å². The Morgan fingerprint density at radius 2 is 2.04 bits per heavy atom. The number of hydrogen-bond donors (Lipinski definition) is 0. The van der Waals surface area contributed by atoms with E-state index in [0.717, 1.165) is 23.1 Å². The number of thiazole rings is 1. The molecule has 136 valence electrons. The number of fused-ring (bicyclic) bond motifs is 1. The zero-order valence-corrected chi connectivity index (χ0v) is 17.4. The van der Waals surface area contributed by atoms with Crippen molar-refractivity contribution in [2.75, 3.05) is 6.26 Å². The lowest BCUT2D eigenvalue weighted by Gasteiger charge is -2.02. The first-order valence-corrected chi connectivity index (χ1v) is 11.5. The summed E-state index contributed by atoms with van der Waals surface area (Å²) in [5.74, 6) is -0.508. The molecule has 0 spiro atoms. The predicted molar refractivity (Wildman–Crippen MR) is 107 cm³/mol. The molecule has 0 atom stereocenters. The highest BCUT2D eigenvalue weighted by Gasteiger charge is 2.16. The fourth-order valence-electron chi connectivity index (χ4n) is 2.31. The first-order valence-electron chi connectivity index (χ1n) is 7.19. The average Bonchev–Trinajstić information content (AvgIpc) is 3.06. The second-order valence-corrected chi connectivity index (χ2v) is 10.7. The molecular formula is C16H12Cl2N2O3S3. The summed E-state index contributed by atoms with van der Waals surface area (Å²) in [5.41, 5.74) is 1.00. The Kier molecular flexibility index (Phi) is 5.41. The highest BCUT2D eigenvalue weighted by atomic mass is 35.5. The fraction of sp³-hybridized carbons (Fsp3) is 0.125. The highest BCUT2D eigenvalue weighted by molar-refractivity contribution is 7.90. The van der Waals surface area contributed by atoms with E-state index in [9.17, 15) is 13.2 Å². The number of carbonyl (C=O) groups is 1. The summed E-state index contributed by atoms with van der Waals surface area (Å²) in [4.78, 5) is 17.3. The lowest BCUT2D eigenvalue weighted by Crippen LogP contribution is -2.16. The van der Waals surface area contributed by atoms with Gasteiger partial charge >= 0.3 is 0 Å². The summed E-state index contributed by atoms with van der Waals surface area (Å²) in [7, 11) is -3.33. The minimum absolute atomic E-state index is 0.211. The predicted octanol–water partition coefficient (Wildman–Crippen LogP) is 4.40. The third-order valence-corrected chi connectivity index (χ3v) is 7.12. The van der Waals surface area contributed by atoms with Crippen LogP contribution in [0.1, 0.15) is 10.4 Å². The van der Waals surface area contributed by atoms with Crippen LogP contribution in [0.4, 0.5) is 0 Å². The molecule has 0 fully saturated rings. The Morgan fingerprint density at radius 3 is 2.62 bits per heavy atom. The topological polar surface area (TPSA) is 68.5 Å². The lowest BCUT2D eigenvalue weighted by molar-refractivity contribution is 0.0998. The van der Waals surface area contributed by atoms with Gasteiger partial charge in [0.05, 0.1) is 25.0 Å². The molecule has 0 bridgehead atoms. The number of thiophene rings is 1. The third-order valence-electron chi connectivity index (χ3n) is 3.48. The van der Waals surface area contributed by atoms with Crippen LogP contribution in [0.3, 0.4) is 0 Å². The molecule has 0 radical (unpaired) electrons. The second kappa shape index (κ2) is 7.28. The van der Waals surface area contributed by atoms with E-state index in [-0.39, 0.29) is 14.8 Å². The molecule has 0 aliphatic heterocycles. The van der Waals surface area contributed by atoms with Crippen molar-refractivity contribution in [3.63, 3.8) is 0 Å². The number of aromatic nitrogens is 1. The van der Waals surface area contributed by atoms with Gasteiger partial charge < -0.3 is 4.57 Å². The summed E-state index contributed by atoms with van der Waals surface area (Å²) in [6, 6.07) is 6.29. The fourth-order valence-corrected chi connectivity index (χ4v) is 5.55. The minimum atomic E-state index is -3.33. The highest BCUT2D eigenvalue weighted by Crippen LogP contribution is 2.31. The van der Waals surface area contributed by atoms with Crippen LogP contribution >= 0.6 is 45.9 Å². The van der Waals surface area contributed by atoms with Crippen molar-refractivity contribution >= 4 is 71.8 Å². The molecule has 0 aliphatic carbocycles. The van der Waals surface area contributed by atoms with Crippen molar-refractivity contribution in [3.8, 4) is 0 Å². The van der Waals surface area contributed by atoms with Crippen molar-refractivity contribution < 1.29 is 13.2 Å². The average molecular weight is 447 g/mol. The number of amides is 1. The standard InChI is InChI=1S/C16H12Cl2N2O3S3/c1-3-6-20-11-5-4-9(26(2,22)23)7-12(11)24-16(20)19-15(21)10-8-13(17)25-14(10)18/h3-5,7-8H,1,6H2,2H3. The zero-order valence-electron chi connectivity index (χ0n) is 13.4. The molecule has 0 unspecified atom stereocenters. The van der Waals surface area contributed by atoms with Crippen molar-refractivity contribution in [1.82, 2.24) is 4.57 Å². The molecule has 2 aromatic heterocycles. The molecule has 26 heavy (non-hydrogen) atoms. The largest absolute Gasteiger partial charge is 0.312 e. The van der Waals surface area contributed by atoms with Crippen LogP contribution in [0.2, 0.25) is 8.67 Å². The molecule has 3 rings (SSSR count). The monoisotopic (exact) mass is 446 g/mol. The van der Waals surface area contributed by atoms with Gasteiger partial charge in [0.15, 0.2) is 14.6 Å². The molecule has 2 heterocycles. The molecule has 0 saturated carbocycles. The smallest absolute Gasteiger partial charge is 0.282 e. The van der Waals surface area contributed by atoms with Crippen molar-refractivity contribution in [3.05, 3.63) is 56.0 Å². The van der Waals surface area contributed by atoms with Gasteiger partial charge in [-0.05, 0) is 24.3 Å². The van der Waals surface area contributed by atoms with Crippen LogP contribution in [-0.4, -0.2) is 25.1 Å². The van der Waals surface area contributed by atoms with Crippen molar-refractivity contribution in [2.45, 2.75) is 11.4 Å². The van der Waals surface area contributed by atoms with Crippen molar-refractivity contribution in [2.24, 2.45) is 4.99 Å². The van der Waals surface area contributed by atoms with E-state index in [1.54, 1.807) is 22.8 Å². The van der Waals surface area contributed by atoms with E-state index < -0.39 is 15.7 Å². The van der Waals surface area contributed by atoms with Crippen LogP contribution in [0, 0.1) is 0 Å². The van der Waals surface area contributed by atoms with E-state index in [4.69, 9.17) is 23.2 Å². The number of halogens is 2. The minimum Gasteiger partial charge on any atom is -0.312 e. The quantitative estimate of drug-likeness (QED) is 0.557. The Labute approximate surface area is 167 Å². The molecule has 5 nitrogen and oxygen atoms in total. The van der Waals surface area contributed by atoms with Gasteiger partial charge in [-0.1, -0.05) is 40.6 Å². The second-order valence-electron chi connectivity index (χ2n) is 5.34. The number of benzene rings is 1. The number of carbonyl (C=O) groups excluding carboxylic acids is 1. The third kappa shape index (κ3) is 3.79. The summed E-state index contributed by atoms with van der Waals surface area (Å²) >= 11 is 14.2. The number of rotatable bonds is 4. The molecule has 10 heteroatoms. The zero-order chi connectivity index (χ0) is 19.1. The Balaban J connectivity index is 2.21. The normalized spacial score (nSPS) is 12.7. The maximum atomic E-state index is 12.5. The van der Waals surface area contributed by atoms with E-state index >= 15 is 0 Å². The Morgan fingerprint density at radius 1 is 1.31 bits per heavy atom. The van der Waals surface area contributed by atoms with E-state index in [1.165, 1.54) is 23.5 Å². The first kappa shape index (κ1) is 19.3. The summed E-state index contributed by atoms with van der Waals surface area (Å²) in [5, 5.41) is 0. The summed E-state index contributed by atoms with van der Waals surface area (Å²) < 4.78 is 26.7. The molecule has 1 amide bonds. The molecule has 0 aliphatic rings. The van der Waals surface area contributed by atoms with Gasteiger partial charge in [0, 0.05) is 12.8 Å². The van der Waals surface area contributed by atoms with Gasteiger partial charge in [-0.2, -0.15) is 4.99 Å². The number of hydrogen-bond acceptors (Lipinski definition) is 5. The van der Waals surface area contributed by atoms with E-state index in [1.807, 2.05) is 0 Å². The Hall–Kier alpha value is -1.45. The van der Waals surface area contributed by atoms with Gasteiger partial charge in [0.2, 0.25) is 0 Å². The SMILES string of the molecule is C=CCn1c(=NC(=O)c2cc(Cl)sc2Cl)sc2cc(S(C)(=O)=O)ccc21. The van der Waals surface area contributed by atoms with Crippen LogP contribution in [0.15, 0.2) is 46.8 Å². The van der Waals surface area contributed by atoms with Gasteiger partial charge in [-0.15, -0.1) is 17.9 Å². The lowest BCUT2D eigenvalue weighted by atomic mass is 10.3. The van der Waals surface area contributed by atoms with Crippen LogP contribution < -0.4 is 4.80 Å².